The number of hydrogen-bond donors (Lipinski definition) is 1. The standard InChI is InChI=1S/C12H12BrN3/c1-2-14-12-10(13)11(15-8-16-12)9-6-4-3-5-7-9/h3-8H,2H2,1H3,(H,14,15,16). The molecular formula is C12H12BrN3. The Bertz CT molecular complexity index is 471. The van der Waals surface area contributed by atoms with Gasteiger partial charge in [-0.1, -0.05) is 30.3 Å². The zero-order valence-electron chi connectivity index (χ0n) is 8.94. The molecule has 0 aliphatic rings. The Morgan fingerprint density at radius 2 is 1.94 bits per heavy atom. The van der Waals surface area contributed by atoms with Crippen LogP contribution in [-0.4, -0.2) is 16.5 Å². The Labute approximate surface area is 103 Å². The van der Waals surface area contributed by atoms with Crippen molar-refractivity contribution in [1.29, 1.82) is 0 Å². The maximum atomic E-state index is 4.29. The van der Waals surface area contributed by atoms with Gasteiger partial charge < -0.3 is 5.32 Å². The number of nitrogens with zero attached hydrogens (tertiary/aromatic N) is 2. The van der Waals surface area contributed by atoms with E-state index in [4.69, 9.17) is 0 Å². The van der Waals surface area contributed by atoms with E-state index in [1.165, 1.54) is 0 Å². The zero-order valence-corrected chi connectivity index (χ0v) is 10.5. The second-order valence-corrected chi connectivity index (χ2v) is 4.07. The second-order valence-electron chi connectivity index (χ2n) is 3.28. The third-order valence-corrected chi connectivity index (χ3v) is 2.93. The van der Waals surface area contributed by atoms with E-state index < -0.39 is 0 Å². The number of nitrogens with one attached hydrogen (secondary N) is 1. The van der Waals surface area contributed by atoms with Crippen molar-refractivity contribution in [3.8, 4) is 11.3 Å². The molecule has 16 heavy (non-hydrogen) atoms. The van der Waals surface area contributed by atoms with Gasteiger partial charge in [0.1, 0.15) is 12.1 Å². The smallest absolute Gasteiger partial charge is 0.144 e. The lowest BCUT2D eigenvalue weighted by molar-refractivity contribution is 1.10. The lowest BCUT2D eigenvalue weighted by Crippen LogP contribution is -2.01. The summed E-state index contributed by atoms with van der Waals surface area (Å²) in [6.07, 6.45) is 1.57. The molecule has 1 heterocycles. The first kappa shape index (κ1) is 11.1. The summed E-state index contributed by atoms with van der Waals surface area (Å²) in [5, 5.41) is 3.19. The van der Waals surface area contributed by atoms with Crippen LogP contribution in [0.25, 0.3) is 11.3 Å². The molecule has 0 radical (unpaired) electrons. The van der Waals surface area contributed by atoms with Crippen molar-refractivity contribution in [2.24, 2.45) is 0 Å². The first-order valence-corrected chi connectivity index (χ1v) is 5.92. The normalized spacial score (nSPS) is 10.1. The van der Waals surface area contributed by atoms with Crippen LogP contribution in [0.4, 0.5) is 5.82 Å². The molecule has 0 unspecified atom stereocenters. The topological polar surface area (TPSA) is 37.8 Å². The van der Waals surface area contributed by atoms with Crippen LogP contribution in [0.3, 0.4) is 0 Å². The minimum atomic E-state index is 0.830. The van der Waals surface area contributed by atoms with Crippen LogP contribution in [0.5, 0.6) is 0 Å². The van der Waals surface area contributed by atoms with E-state index in [0.717, 1.165) is 28.1 Å². The summed E-state index contributed by atoms with van der Waals surface area (Å²) >= 11 is 3.53. The molecule has 1 aromatic heterocycles. The van der Waals surface area contributed by atoms with E-state index in [9.17, 15) is 0 Å². The summed E-state index contributed by atoms with van der Waals surface area (Å²) in [5.74, 6) is 0.830. The number of aromatic nitrogens is 2. The van der Waals surface area contributed by atoms with Gasteiger partial charge in [0.2, 0.25) is 0 Å². The molecule has 2 aromatic rings. The highest BCUT2D eigenvalue weighted by Crippen LogP contribution is 2.30. The fraction of sp³-hybridized carbons (Fsp3) is 0.167. The molecule has 0 aliphatic heterocycles. The van der Waals surface area contributed by atoms with Gasteiger partial charge in [-0.25, -0.2) is 9.97 Å². The van der Waals surface area contributed by atoms with Crippen LogP contribution in [0.1, 0.15) is 6.92 Å². The molecule has 0 bridgehead atoms. The maximum Gasteiger partial charge on any atom is 0.144 e. The van der Waals surface area contributed by atoms with Crippen LogP contribution in [0.2, 0.25) is 0 Å². The van der Waals surface area contributed by atoms with Crippen molar-refractivity contribution < 1.29 is 0 Å². The molecule has 0 amide bonds. The quantitative estimate of drug-likeness (QED) is 0.935. The fourth-order valence-electron chi connectivity index (χ4n) is 1.46. The molecule has 3 nitrogen and oxygen atoms in total. The van der Waals surface area contributed by atoms with Gasteiger partial charge in [-0.3, -0.25) is 0 Å². The summed E-state index contributed by atoms with van der Waals surface area (Å²) in [6.45, 7) is 2.88. The Morgan fingerprint density at radius 1 is 1.19 bits per heavy atom. The highest BCUT2D eigenvalue weighted by Gasteiger charge is 2.09. The summed E-state index contributed by atoms with van der Waals surface area (Å²) in [4.78, 5) is 8.48. The Kier molecular flexibility index (Phi) is 3.51. The van der Waals surface area contributed by atoms with Crippen LogP contribution in [0.15, 0.2) is 41.1 Å². The van der Waals surface area contributed by atoms with Crippen molar-refractivity contribution in [3.63, 3.8) is 0 Å². The minimum absolute atomic E-state index is 0.830. The predicted molar refractivity (Wildman–Crippen MR) is 69.3 cm³/mol. The van der Waals surface area contributed by atoms with Crippen molar-refractivity contribution in [2.75, 3.05) is 11.9 Å². The van der Waals surface area contributed by atoms with Crippen molar-refractivity contribution in [2.45, 2.75) is 6.92 Å². The number of rotatable bonds is 3. The van der Waals surface area contributed by atoms with E-state index in [-0.39, 0.29) is 0 Å². The van der Waals surface area contributed by atoms with Crippen LogP contribution >= 0.6 is 15.9 Å². The van der Waals surface area contributed by atoms with Gasteiger partial charge in [-0.05, 0) is 22.9 Å². The summed E-state index contributed by atoms with van der Waals surface area (Å²) < 4.78 is 0.906. The van der Waals surface area contributed by atoms with E-state index in [1.807, 2.05) is 37.3 Å². The first-order chi connectivity index (χ1) is 7.83. The van der Waals surface area contributed by atoms with Gasteiger partial charge in [0.05, 0.1) is 10.2 Å². The Morgan fingerprint density at radius 3 is 2.62 bits per heavy atom. The Hall–Kier alpha value is -1.42. The van der Waals surface area contributed by atoms with Crippen LogP contribution < -0.4 is 5.32 Å². The lowest BCUT2D eigenvalue weighted by Gasteiger charge is -2.08. The van der Waals surface area contributed by atoms with Gasteiger partial charge in [-0.2, -0.15) is 0 Å². The van der Waals surface area contributed by atoms with Crippen molar-refractivity contribution in [3.05, 3.63) is 41.1 Å². The van der Waals surface area contributed by atoms with Crippen LogP contribution in [0, 0.1) is 0 Å². The third kappa shape index (κ3) is 2.22. The van der Waals surface area contributed by atoms with Crippen molar-refractivity contribution in [1.82, 2.24) is 9.97 Å². The SMILES string of the molecule is CCNc1ncnc(-c2ccccc2)c1Br. The average Bonchev–Trinajstić information content (AvgIpc) is 2.33. The number of hydrogen-bond acceptors (Lipinski definition) is 3. The summed E-state index contributed by atoms with van der Waals surface area (Å²) in [5.41, 5.74) is 1.99. The van der Waals surface area contributed by atoms with E-state index in [2.05, 4.69) is 31.2 Å². The molecule has 0 atom stereocenters. The maximum absolute atomic E-state index is 4.29. The molecular weight excluding hydrogens is 266 g/mol. The van der Waals surface area contributed by atoms with Gasteiger partial charge in [0, 0.05) is 12.1 Å². The monoisotopic (exact) mass is 277 g/mol. The average molecular weight is 278 g/mol. The highest BCUT2D eigenvalue weighted by molar-refractivity contribution is 9.10. The number of halogens is 1. The van der Waals surface area contributed by atoms with Gasteiger partial charge in [0.25, 0.3) is 0 Å². The number of anilines is 1. The minimum Gasteiger partial charge on any atom is -0.369 e. The van der Waals surface area contributed by atoms with Crippen molar-refractivity contribution >= 4 is 21.7 Å². The van der Waals surface area contributed by atoms with Gasteiger partial charge >= 0.3 is 0 Å². The molecule has 1 N–H and O–H groups in total. The molecule has 0 saturated carbocycles. The highest BCUT2D eigenvalue weighted by atomic mass is 79.9. The molecule has 2 rings (SSSR count). The van der Waals surface area contributed by atoms with Gasteiger partial charge in [-0.15, -0.1) is 0 Å². The number of benzene rings is 1. The third-order valence-electron chi connectivity index (χ3n) is 2.18. The molecule has 0 fully saturated rings. The summed E-state index contributed by atoms with van der Waals surface area (Å²) in [7, 11) is 0. The molecule has 0 aliphatic carbocycles. The summed E-state index contributed by atoms with van der Waals surface area (Å²) in [6, 6.07) is 10.0. The Balaban J connectivity index is 2.46. The predicted octanol–water partition coefficient (Wildman–Crippen LogP) is 3.34. The lowest BCUT2D eigenvalue weighted by atomic mass is 10.1. The van der Waals surface area contributed by atoms with Crippen LogP contribution in [-0.2, 0) is 0 Å². The molecule has 82 valence electrons. The van der Waals surface area contributed by atoms with E-state index in [0.29, 0.717) is 0 Å². The largest absolute Gasteiger partial charge is 0.369 e. The molecule has 0 spiro atoms. The first-order valence-electron chi connectivity index (χ1n) is 5.12. The molecule has 0 saturated heterocycles. The zero-order chi connectivity index (χ0) is 11.4. The molecule has 4 heteroatoms. The fourth-order valence-corrected chi connectivity index (χ4v) is 2.03. The van der Waals surface area contributed by atoms with E-state index in [1.54, 1.807) is 6.33 Å². The molecule has 1 aromatic carbocycles. The van der Waals surface area contributed by atoms with E-state index >= 15 is 0 Å². The second kappa shape index (κ2) is 5.07. The van der Waals surface area contributed by atoms with Gasteiger partial charge in [0.15, 0.2) is 0 Å².